The number of benzene rings is 1. The minimum absolute atomic E-state index is 0.0801. The van der Waals surface area contributed by atoms with Gasteiger partial charge in [0.2, 0.25) is 0 Å². The van der Waals surface area contributed by atoms with Crippen molar-refractivity contribution in [3.63, 3.8) is 0 Å². The molecule has 0 spiro atoms. The van der Waals surface area contributed by atoms with Gasteiger partial charge in [0.15, 0.2) is 5.96 Å². The van der Waals surface area contributed by atoms with Crippen LogP contribution in [0.2, 0.25) is 10.0 Å². The van der Waals surface area contributed by atoms with E-state index in [9.17, 15) is 0 Å². The average molecular weight is 345 g/mol. The number of guanidine groups is 1. The first-order chi connectivity index (χ1) is 10.2. The van der Waals surface area contributed by atoms with E-state index in [2.05, 4.69) is 48.6 Å². The summed E-state index contributed by atoms with van der Waals surface area (Å²) in [6.07, 6.45) is 0. The van der Waals surface area contributed by atoms with Crippen molar-refractivity contribution in [2.24, 2.45) is 4.99 Å². The number of rotatable bonds is 5. The number of aliphatic imine (C=N–C) groups is 1. The number of nitrogens with one attached hydrogen (secondary N) is 3. The van der Waals surface area contributed by atoms with Gasteiger partial charge in [-0.3, -0.25) is 4.99 Å². The SMILES string of the molecule is CN=C(NCCNC(C)(C)C)NC(C)c1ccc(Cl)c(Cl)c1. The molecule has 0 heterocycles. The predicted molar refractivity (Wildman–Crippen MR) is 97.1 cm³/mol. The predicted octanol–water partition coefficient (Wildman–Crippen LogP) is 3.61. The van der Waals surface area contributed by atoms with Gasteiger partial charge in [-0.25, -0.2) is 0 Å². The summed E-state index contributed by atoms with van der Waals surface area (Å²) in [4.78, 5) is 4.24. The summed E-state index contributed by atoms with van der Waals surface area (Å²) in [6, 6.07) is 5.72. The van der Waals surface area contributed by atoms with Gasteiger partial charge < -0.3 is 16.0 Å². The van der Waals surface area contributed by atoms with E-state index in [4.69, 9.17) is 23.2 Å². The summed E-state index contributed by atoms with van der Waals surface area (Å²) in [7, 11) is 1.76. The normalized spacial score (nSPS) is 13.9. The minimum Gasteiger partial charge on any atom is -0.355 e. The third kappa shape index (κ3) is 6.86. The van der Waals surface area contributed by atoms with E-state index in [1.807, 2.05) is 12.1 Å². The maximum Gasteiger partial charge on any atom is 0.191 e. The summed E-state index contributed by atoms with van der Waals surface area (Å²) in [5, 5.41) is 11.2. The third-order valence-electron chi connectivity index (χ3n) is 3.09. The molecule has 0 aliphatic carbocycles. The van der Waals surface area contributed by atoms with Crippen LogP contribution in [0.3, 0.4) is 0 Å². The quantitative estimate of drug-likeness (QED) is 0.434. The van der Waals surface area contributed by atoms with Crippen LogP contribution in [-0.2, 0) is 0 Å². The molecule has 0 saturated carbocycles. The van der Waals surface area contributed by atoms with Crippen LogP contribution in [0.25, 0.3) is 0 Å². The van der Waals surface area contributed by atoms with E-state index in [1.54, 1.807) is 13.1 Å². The second-order valence-corrected chi connectivity index (χ2v) is 7.03. The second-order valence-electron chi connectivity index (χ2n) is 6.22. The molecular formula is C16H26Cl2N4. The molecular weight excluding hydrogens is 319 g/mol. The zero-order chi connectivity index (χ0) is 16.8. The van der Waals surface area contributed by atoms with E-state index in [1.165, 1.54) is 0 Å². The lowest BCUT2D eigenvalue weighted by atomic mass is 10.1. The highest BCUT2D eigenvalue weighted by Crippen LogP contribution is 2.25. The van der Waals surface area contributed by atoms with Crippen molar-refractivity contribution >= 4 is 29.2 Å². The van der Waals surface area contributed by atoms with Crippen molar-refractivity contribution < 1.29 is 0 Å². The summed E-state index contributed by atoms with van der Waals surface area (Å²) >= 11 is 12.0. The van der Waals surface area contributed by atoms with Crippen molar-refractivity contribution in [2.45, 2.75) is 39.3 Å². The van der Waals surface area contributed by atoms with E-state index in [-0.39, 0.29) is 11.6 Å². The highest BCUT2D eigenvalue weighted by Gasteiger charge is 2.10. The zero-order valence-electron chi connectivity index (χ0n) is 13.9. The first-order valence-electron chi connectivity index (χ1n) is 7.40. The number of hydrogen-bond acceptors (Lipinski definition) is 2. The van der Waals surface area contributed by atoms with Crippen LogP contribution < -0.4 is 16.0 Å². The fourth-order valence-corrected chi connectivity index (χ4v) is 2.19. The second kappa shape index (κ2) is 8.61. The standard InChI is InChI=1S/C16H26Cl2N4/c1-11(12-6-7-13(17)14(18)10-12)22-15(19-5)20-8-9-21-16(2,3)4/h6-7,10-11,21H,8-9H2,1-5H3,(H2,19,20,22). The Bertz CT molecular complexity index is 509. The minimum atomic E-state index is 0.0801. The molecule has 0 fully saturated rings. The Kier molecular flexibility index (Phi) is 7.46. The lowest BCUT2D eigenvalue weighted by Gasteiger charge is -2.22. The first kappa shape index (κ1) is 19.1. The summed E-state index contributed by atoms with van der Waals surface area (Å²) in [6.45, 7) is 10.2. The molecule has 124 valence electrons. The van der Waals surface area contributed by atoms with Gasteiger partial charge in [-0.15, -0.1) is 0 Å². The molecule has 0 amide bonds. The van der Waals surface area contributed by atoms with Crippen LogP contribution >= 0.6 is 23.2 Å². The Morgan fingerprint density at radius 3 is 2.41 bits per heavy atom. The van der Waals surface area contributed by atoms with E-state index >= 15 is 0 Å². The van der Waals surface area contributed by atoms with Crippen LogP contribution in [0, 0.1) is 0 Å². The molecule has 1 aromatic rings. The monoisotopic (exact) mass is 344 g/mol. The molecule has 0 bridgehead atoms. The molecule has 1 unspecified atom stereocenters. The molecule has 0 radical (unpaired) electrons. The van der Waals surface area contributed by atoms with E-state index in [0.717, 1.165) is 24.6 Å². The Labute approximate surface area is 143 Å². The molecule has 4 nitrogen and oxygen atoms in total. The molecule has 1 rings (SSSR count). The highest BCUT2D eigenvalue weighted by molar-refractivity contribution is 6.42. The molecule has 0 saturated heterocycles. The van der Waals surface area contributed by atoms with Gasteiger partial charge in [0.25, 0.3) is 0 Å². The van der Waals surface area contributed by atoms with Gasteiger partial charge in [-0.1, -0.05) is 29.3 Å². The molecule has 6 heteroatoms. The third-order valence-corrected chi connectivity index (χ3v) is 3.83. The van der Waals surface area contributed by atoms with Crippen LogP contribution in [0.15, 0.2) is 23.2 Å². The van der Waals surface area contributed by atoms with Gasteiger partial charge in [-0.2, -0.15) is 0 Å². The fraction of sp³-hybridized carbons (Fsp3) is 0.562. The molecule has 1 atom stereocenters. The average Bonchev–Trinajstić information content (AvgIpc) is 2.43. The lowest BCUT2D eigenvalue weighted by Crippen LogP contribution is -2.45. The summed E-state index contributed by atoms with van der Waals surface area (Å²) < 4.78 is 0. The van der Waals surface area contributed by atoms with E-state index < -0.39 is 0 Å². The Hall–Kier alpha value is -0.970. The maximum absolute atomic E-state index is 6.06. The largest absolute Gasteiger partial charge is 0.355 e. The maximum atomic E-state index is 6.06. The van der Waals surface area contributed by atoms with Crippen molar-refractivity contribution in [2.75, 3.05) is 20.1 Å². The van der Waals surface area contributed by atoms with Crippen LogP contribution in [0.1, 0.15) is 39.3 Å². The van der Waals surface area contributed by atoms with Gasteiger partial charge in [-0.05, 0) is 45.4 Å². The van der Waals surface area contributed by atoms with E-state index in [0.29, 0.717) is 10.0 Å². The van der Waals surface area contributed by atoms with Crippen LogP contribution in [-0.4, -0.2) is 31.6 Å². The molecule has 3 N–H and O–H groups in total. The highest BCUT2D eigenvalue weighted by atomic mass is 35.5. The lowest BCUT2D eigenvalue weighted by molar-refractivity contribution is 0.428. The van der Waals surface area contributed by atoms with Crippen molar-refractivity contribution in [3.8, 4) is 0 Å². The van der Waals surface area contributed by atoms with Gasteiger partial charge >= 0.3 is 0 Å². The van der Waals surface area contributed by atoms with Crippen molar-refractivity contribution in [3.05, 3.63) is 33.8 Å². The molecule has 0 aliphatic rings. The van der Waals surface area contributed by atoms with Crippen molar-refractivity contribution in [1.82, 2.24) is 16.0 Å². The number of nitrogens with zero attached hydrogens (tertiary/aromatic N) is 1. The van der Waals surface area contributed by atoms with Gasteiger partial charge in [0.1, 0.15) is 0 Å². The molecule has 1 aromatic carbocycles. The topological polar surface area (TPSA) is 48.5 Å². The Balaban J connectivity index is 2.50. The van der Waals surface area contributed by atoms with Crippen LogP contribution in [0.4, 0.5) is 0 Å². The zero-order valence-corrected chi connectivity index (χ0v) is 15.4. The number of hydrogen-bond donors (Lipinski definition) is 3. The number of halogens is 2. The van der Waals surface area contributed by atoms with Crippen molar-refractivity contribution in [1.29, 1.82) is 0 Å². The van der Waals surface area contributed by atoms with Crippen LogP contribution in [0.5, 0.6) is 0 Å². The smallest absolute Gasteiger partial charge is 0.191 e. The molecule has 22 heavy (non-hydrogen) atoms. The summed E-state index contributed by atoms with van der Waals surface area (Å²) in [5.74, 6) is 0.759. The summed E-state index contributed by atoms with van der Waals surface area (Å²) in [5.41, 5.74) is 1.18. The van der Waals surface area contributed by atoms with Gasteiger partial charge in [0, 0.05) is 25.7 Å². The molecule has 0 aromatic heterocycles. The first-order valence-corrected chi connectivity index (χ1v) is 8.15. The molecule has 0 aliphatic heterocycles. The Morgan fingerprint density at radius 2 is 1.86 bits per heavy atom. The van der Waals surface area contributed by atoms with Gasteiger partial charge in [0.05, 0.1) is 16.1 Å². The Morgan fingerprint density at radius 1 is 1.18 bits per heavy atom. The fourth-order valence-electron chi connectivity index (χ4n) is 1.88.